The summed E-state index contributed by atoms with van der Waals surface area (Å²) in [6.45, 7) is 3.39. The van der Waals surface area contributed by atoms with Crippen LogP contribution < -0.4 is 10.5 Å². The molecule has 0 aliphatic heterocycles. The molecular formula is C13H21N3O3. The van der Waals surface area contributed by atoms with Crippen molar-refractivity contribution in [3.05, 3.63) is 22.6 Å². The summed E-state index contributed by atoms with van der Waals surface area (Å²) < 4.78 is 5.91. The second-order valence-corrected chi connectivity index (χ2v) is 4.38. The summed E-state index contributed by atoms with van der Waals surface area (Å²) in [6, 6.07) is 1.57. The van der Waals surface area contributed by atoms with Gasteiger partial charge in [0, 0.05) is 32.6 Å². The fourth-order valence-corrected chi connectivity index (χ4v) is 1.74. The third kappa shape index (κ3) is 4.73. The topological polar surface area (TPSA) is 64.4 Å². The van der Waals surface area contributed by atoms with Crippen LogP contribution in [0, 0.1) is 0 Å². The van der Waals surface area contributed by atoms with Crippen molar-refractivity contribution in [2.24, 2.45) is 0 Å². The number of hydrogen-bond donors (Lipinski definition) is 0. The van der Waals surface area contributed by atoms with Crippen LogP contribution in [0.3, 0.4) is 0 Å². The lowest BCUT2D eigenvalue weighted by Crippen LogP contribution is -2.26. The molecule has 0 radical (unpaired) electrons. The maximum absolute atomic E-state index is 11.9. The van der Waals surface area contributed by atoms with Gasteiger partial charge in [0.1, 0.15) is 0 Å². The van der Waals surface area contributed by atoms with Gasteiger partial charge >= 0.3 is 5.97 Å². The largest absolute Gasteiger partial charge is 0.469 e. The first-order chi connectivity index (χ1) is 9.08. The zero-order valence-corrected chi connectivity index (χ0v) is 11.8. The first-order valence-electron chi connectivity index (χ1n) is 6.43. The molecule has 0 fully saturated rings. The molecule has 19 heavy (non-hydrogen) atoms. The Hall–Kier alpha value is -1.85. The van der Waals surface area contributed by atoms with Gasteiger partial charge in [-0.1, -0.05) is 6.92 Å². The minimum absolute atomic E-state index is 0.148. The maximum atomic E-state index is 11.9. The molecule has 0 amide bonds. The van der Waals surface area contributed by atoms with Gasteiger partial charge in [0.15, 0.2) is 0 Å². The Bertz CT molecular complexity index is 470. The van der Waals surface area contributed by atoms with Crippen LogP contribution in [0.4, 0.5) is 5.69 Å². The van der Waals surface area contributed by atoms with Gasteiger partial charge in [-0.2, -0.15) is 5.10 Å². The SMILES string of the molecule is CCCN(C)c1cnn(CCCC(=O)OC)c(=O)c1. The number of carbonyl (C=O) groups excluding carboxylic acids is 1. The van der Waals surface area contributed by atoms with Crippen LogP contribution in [0.15, 0.2) is 17.1 Å². The number of methoxy groups -OCH3 is 1. The van der Waals surface area contributed by atoms with Crippen molar-refractivity contribution in [3.8, 4) is 0 Å². The van der Waals surface area contributed by atoms with Crippen molar-refractivity contribution in [1.82, 2.24) is 9.78 Å². The smallest absolute Gasteiger partial charge is 0.305 e. The zero-order chi connectivity index (χ0) is 14.3. The second-order valence-electron chi connectivity index (χ2n) is 4.38. The van der Waals surface area contributed by atoms with Crippen LogP contribution in [0.2, 0.25) is 0 Å². The van der Waals surface area contributed by atoms with Crippen LogP contribution in [-0.2, 0) is 16.1 Å². The fourth-order valence-electron chi connectivity index (χ4n) is 1.74. The van der Waals surface area contributed by atoms with Gasteiger partial charge in [0.25, 0.3) is 5.56 Å². The Morgan fingerprint density at radius 3 is 2.84 bits per heavy atom. The minimum Gasteiger partial charge on any atom is -0.469 e. The first kappa shape index (κ1) is 15.2. The zero-order valence-electron chi connectivity index (χ0n) is 11.8. The Morgan fingerprint density at radius 2 is 2.26 bits per heavy atom. The number of carbonyl (C=O) groups is 1. The standard InChI is InChI=1S/C13H21N3O3/c1-4-7-15(2)11-9-12(17)16(14-10-11)8-5-6-13(18)19-3/h9-10H,4-8H2,1-3H3. The average molecular weight is 267 g/mol. The van der Waals surface area contributed by atoms with E-state index < -0.39 is 0 Å². The van der Waals surface area contributed by atoms with Gasteiger partial charge in [-0.25, -0.2) is 4.68 Å². The number of ether oxygens (including phenoxy) is 1. The molecular weight excluding hydrogens is 246 g/mol. The molecule has 106 valence electrons. The molecule has 1 heterocycles. The molecule has 0 saturated carbocycles. The molecule has 6 nitrogen and oxygen atoms in total. The van der Waals surface area contributed by atoms with Crippen LogP contribution in [0.25, 0.3) is 0 Å². The van der Waals surface area contributed by atoms with Crippen LogP contribution in [0.5, 0.6) is 0 Å². The lowest BCUT2D eigenvalue weighted by molar-refractivity contribution is -0.140. The van der Waals surface area contributed by atoms with Crippen molar-refractivity contribution >= 4 is 11.7 Å². The molecule has 0 bridgehead atoms. The minimum atomic E-state index is -0.271. The molecule has 0 spiro atoms. The van der Waals surface area contributed by atoms with Gasteiger partial charge in [0.2, 0.25) is 0 Å². The quantitative estimate of drug-likeness (QED) is 0.691. The van der Waals surface area contributed by atoms with E-state index in [4.69, 9.17) is 0 Å². The Morgan fingerprint density at radius 1 is 1.53 bits per heavy atom. The third-order valence-electron chi connectivity index (χ3n) is 2.83. The summed E-state index contributed by atoms with van der Waals surface area (Å²) >= 11 is 0. The van der Waals surface area contributed by atoms with E-state index in [1.165, 1.54) is 11.8 Å². The van der Waals surface area contributed by atoms with Crippen molar-refractivity contribution in [1.29, 1.82) is 0 Å². The molecule has 0 aromatic carbocycles. The molecule has 1 aromatic rings. The molecule has 0 N–H and O–H groups in total. The van der Waals surface area contributed by atoms with Crippen molar-refractivity contribution < 1.29 is 9.53 Å². The maximum Gasteiger partial charge on any atom is 0.305 e. The van der Waals surface area contributed by atoms with Crippen LogP contribution >= 0.6 is 0 Å². The molecule has 0 atom stereocenters. The first-order valence-corrected chi connectivity index (χ1v) is 6.43. The molecule has 6 heteroatoms. The lowest BCUT2D eigenvalue weighted by Gasteiger charge is -2.17. The number of rotatable bonds is 7. The fraction of sp³-hybridized carbons (Fsp3) is 0.615. The number of hydrogen-bond acceptors (Lipinski definition) is 5. The molecule has 0 unspecified atom stereocenters. The third-order valence-corrected chi connectivity index (χ3v) is 2.83. The summed E-state index contributed by atoms with van der Waals surface area (Å²) in [6.07, 6.45) is 3.53. The van der Waals surface area contributed by atoms with E-state index in [-0.39, 0.29) is 11.5 Å². The summed E-state index contributed by atoms with van der Waals surface area (Å²) in [4.78, 5) is 24.8. The summed E-state index contributed by atoms with van der Waals surface area (Å²) in [5, 5.41) is 4.11. The van der Waals surface area contributed by atoms with E-state index in [2.05, 4.69) is 16.8 Å². The molecule has 1 rings (SSSR count). The highest BCUT2D eigenvalue weighted by Gasteiger charge is 2.05. The van der Waals surface area contributed by atoms with Crippen LogP contribution in [-0.4, -0.2) is 36.5 Å². The van der Waals surface area contributed by atoms with Crippen molar-refractivity contribution in [3.63, 3.8) is 0 Å². The molecule has 0 aliphatic rings. The van der Waals surface area contributed by atoms with Crippen LogP contribution in [0.1, 0.15) is 26.2 Å². The van der Waals surface area contributed by atoms with E-state index in [0.717, 1.165) is 18.7 Å². The summed E-state index contributed by atoms with van der Waals surface area (Å²) in [5.41, 5.74) is 0.668. The van der Waals surface area contributed by atoms with E-state index in [0.29, 0.717) is 19.4 Å². The van der Waals surface area contributed by atoms with Gasteiger partial charge in [-0.15, -0.1) is 0 Å². The van der Waals surface area contributed by atoms with Crippen molar-refractivity contribution in [2.75, 3.05) is 25.6 Å². The van der Waals surface area contributed by atoms with Gasteiger partial charge < -0.3 is 9.64 Å². The normalized spacial score (nSPS) is 10.3. The predicted octanol–water partition coefficient (Wildman–Crippen LogP) is 1.04. The Balaban J connectivity index is 2.62. The Labute approximate surface area is 113 Å². The number of aromatic nitrogens is 2. The highest BCUT2D eigenvalue weighted by atomic mass is 16.5. The summed E-state index contributed by atoms with van der Waals surface area (Å²) in [7, 11) is 3.28. The number of aryl methyl sites for hydroxylation is 1. The van der Waals surface area contributed by atoms with E-state index in [9.17, 15) is 9.59 Å². The predicted molar refractivity (Wildman–Crippen MR) is 73.3 cm³/mol. The van der Waals surface area contributed by atoms with Gasteiger partial charge in [-0.3, -0.25) is 9.59 Å². The number of anilines is 1. The Kier molecular flexibility index (Phi) is 6.05. The second kappa shape index (κ2) is 7.56. The van der Waals surface area contributed by atoms with Crippen molar-refractivity contribution in [2.45, 2.75) is 32.7 Å². The van der Waals surface area contributed by atoms with Gasteiger partial charge in [0.05, 0.1) is 19.0 Å². The lowest BCUT2D eigenvalue weighted by atomic mass is 10.3. The van der Waals surface area contributed by atoms with Gasteiger partial charge in [-0.05, 0) is 12.8 Å². The monoisotopic (exact) mass is 267 g/mol. The molecule has 0 saturated heterocycles. The highest BCUT2D eigenvalue weighted by Crippen LogP contribution is 2.07. The van der Waals surface area contributed by atoms with E-state index >= 15 is 0 Å². The molecule has 0 aliphatic carbocycles. The highest BCUT2D eigenvalue weighted by molar-refractivity contribution is 5.68. The number of nitrogens with zero attached hydrogens (tertiary/aromatic N) is 3. The van der Waals surface area contributed by atoms with E-state index in [1.54, 1.807) is 12.3 Å². The summed E-state index contributed by atoms with van der Waals surface area (Å²) in [5.74, 6) is -0.271. The average Bonchev–Trinajstić information content (AvgIpc) is 2.40. The molecule has 1 aromatic heterocycles. The van der Waals surface area contributed by atoms with E-state index in [1.807, 2.05) is 11.9 Å². The number of esters is 1.